The summed E-state index contributed by atoms with van der Waals surface area (Å²) in [6, 6.07) is 0. The predicted octanol–water partition coefficient (Wildman–Crippen LogP) is 2.59. The quantitative estimate of drug-likeness (QED) is 0.500. The van der Waals surface area contributed by atoms with Crippen molar-refractivity contribution in [2.24, 2.45) is 0 Å². The van der Waals surface area contributed by atoms with Gasteiger partial charge in [0.25, 0.3) is 0 Å². The Hall–Kier alpha value is -1.30. The second kappa shape index (κ2) is 11.2. The van der Waals surface area contributed by atoms with Crippen LogP contribution in [0.3, 0.4) is 0 Å². The monoisotopic (exact) mass is 234 g/mol. The fraction of sp³-hybridized carbons (Fsp3) is 0.467. The summed E-state index contributed by atoms with van der Waals surface area (Å²) < 4.78 is 0. The van der Waals surface area contributed by atoms with E-state index in [1.54, 1.807) is 6.08 Å². The highest BCUT2D eigenvalue weighted by Crippen LogP contribution is 2.05. The molecule has 0 aromatic heterocycles. The van der Waals surface area contributed by atoms with E-state index in [9.17, 15) is 10.2 Å². The van der Waals surface area contributed by atoms with Crippen LogP contribution in [0.25, 0.3) is 0 Å². The predicted molar refractivity (Wildman–Crippen MR) is 72.4 cm³/mol. The first-order chi connectivity index (χ1) is 8.22. The molecule has 0 heterocycles. The van der Waals surface area contributed by atoms with Crippen molar-refractivity contribution in [1.82, 2.24) is 0 Å². The van der Waals surface area contributed by atoms with Gasteiger partial charge in [0.05, 0.1) is 12.2 Å². The Morgan fingerprint density at radius 2 is 1.59 bits per heavy atom. The van der Waals surface area contributed by atoms with Crippen LogP contribution in [-0.4, -0.2) is 22.4 Å². The average molecular weight is 234 g/mol. The number of hydrogen-bond acceptors (Lipinski definition) is 2. The molecule has 2 atom stereocenters. The molecular weight excluding hydrogens is 212 g/mol. The Labute approximate surface area is 104 Å². The molecule has 0 fully saturated rings. The molecule has 0 aromatic rings. The number of aliphatic hydroxyl groups is 2. The number of terminal acetylenes is 1. The Bertz CT molecular complexity index is 295. The lowest BCUT2D eigenvalue weighted by Crippen LogP contribution is -2.24. The van der Waals surface area contributed by atoms with E-state index in [-0.39, 0.29) is 0 Å². The second-order valence-corrected chi connectivity index (χ2v) is 3.76. The second-order valence-electron chi connectivity index (χ2n) is 3.76. The molecule has 0 saturated carbocycles. The van der Waals surface area contributed by atoms with Crippen molar-refractivity contribution in [3.63, 3.8) is 0 Å². The molecule has 0 rings (SSSR count). The fourth-order valence-electron chi connectivity index (χ4n) is 1.26. The third kappa shape index (κ3) is 9.62. The molecule has 0 saturated heterocycles. The first-order valence-corrected chi connectivity index (χ1v) is 5.99. The van der Waals surface area contributed by atoms with Crippen LogP contribution >= 0.6 is 0 Å². The van der Waals surface area contributed by atoms with Crippen LogP contribution in [0.2, 0.25) is 0 Å². The largest absolute Gasteiger partial charge is 0.390 e. The van der Waals surface area contributed by atoms with Gasteiger partial charge in [0.15, 0.2) is 0 Å². The van der Waals surface area contributed by atoms with Gasteiger partial charge in [-0.2, -0.15) is 0 Å². The molecule has 0 bridgehead atoms. The van der Waals surface area contributed by atoms with E-state index in [0.29, 0.717) is 12.8 Å². The van der Waals surface area contributed by atoms with Gasteiger partial charge >= 0.3 is 0 Å². The minimum absolute atomic E-state index is 0.384. The Morgan fingerprint density at radius 3 is 2.18 bits per heavy atom. The topological polar surface area (TPSA) is 40.5 Å². The minimum Gasteiger partial charge on any atom is -0.390 e. The van der Waals surface area contributed by atoms with E-state index >= 15 is 0 Å². The normalized spacial score (nSPS) is 15.6. The van der Waals surface area contributed by atoms with Crippen molar-refractivity contribution in [3.05, 3.63) is 36.5 Å². The van der Waals surface area contributed by atoms with Gasteiger partial charge in [-0.15, -0.1) is 6.42 Å². The first-order valence-electron chi connectivity index (χ1n) is 5.99. The summed E-state index contributed by atoms with van der Waals surface area (Å²) in [4.78, 5) is 0. The van der Waals surface area contributed by atoms with Gasteiger partial charge in [0, 0.05) is 0 Å². The molecule has 2 N–H and O–H groups in total. The van der Waals surface area contributed by atoms with Gasteiger partial charge in [-0.25, -0.2) is 0 Å². The first kappa shape index (κ1) is 15.7. The van der Waals surface area contributed by atoms with Crippen molar-refractivity contribution in [3.8, 4) is 12.3 Å². The number of rotatable bonds is 8. The third-order valence-corrected chi connectivity index (χ3v) is 2.25. The molecule has 0 aliphatic carbocycles. The molecule has 0 aliphatic rings. The summed E-state index contributed by atoms with van der Waals surface area (Å²) in [6.07, 6.45) is 17.6. The van der Waals surface area contributed by atoms with Crippen molar-refractivity contribution in [1.29, 1.82) is 0 Å². The van der Waals surface area contributed by atoms with Crippen LogP contribution in [0, 0.1) is 12.3 Å². The summed E-state index contributed by atoms with van der Waals surface area (Å²) in [6.45, 7) is 2.09. The number of hydrogen-bond donors (Lipinski definition) is 2. The molecule has 0 radical (unpaired) electrons. The standard InChI is InChI=1S/C15H22O2/c1-3-5-7-8-9-11-13-15(17)14(16)12-10-6-4-2/h2,5-7,9-11,14-17H,3,8,12-13H2,1H3/b7-5+,10-6+,11-9-. The molecule has 17 heavy (non-hydrogen) atoms. The molecular formula is C15H22O2. The maximum atomic E-state index is 9.61. The van der Waals surface area contributed by atoms with Gasteiger partial charge in [0.1, 0.15) is 0 Å². The maximum absolute atomic E-state index is 9.61. The average Bonchev–Trinajstić information content (AvgIpc) is 2.33. The van der Waals surface area contributed by atoms with Crippen LogP contribution in [-0.2, 0) is 0 Å². The highest BCUT2D eigenvalue weighted by molar-refractivity contribution is 5.09. The van der Waals surface area contributed by atoms with Crippen molar-refractivity contribution in [2.45, 2.75) is 44.8 Å². The Kier molecular flexibility index (Phi) is 10.3. The lowest BCUT2D eigenvalue weighted by atomic mass is 10.1. The lowest BCUT2D eigenvalue weighted by molar-refractivity contribution is 0.0238. The van der Waals surface area contributed by atoms with Crippen molar-refractivity contribution >= 4 is 0 Å². The van der Waals surface area contributed by atoms with Gasteiger partial charge in [-0.3, -0.25) is 0 Å². The maximum Gasteiger partial charge on any atom is 0.0836 e. The zero-order valence-corrected chi connectivity index (χ0v) is 10.4. The molecule has 0 aliphatic heterocycles. The van der Waals surface area contributed by atoms with E-state index in [0.717, 1.165) is 12.8 Å². The van der Waals surface area contributed by atoms with E-state index in [1.807, 2.05) is 12.2 Å². The molecule has 2 nitrogen and oxygen atoms in total. The SMILES string of the molecule is C#C/C=C/CC(O)C(O)C/C=C\C/C=C/CC. The number of aliphatic hydroxyl groups excluding tert-OH is 2. The molecule has 2 unspecified atom stereocenters. The summed E-state index contributed by atoms with van der Waals surface area (Å²) in [5.41, 5.74) is 0. The van der Waals surface area contributed by atoms with Gasteiger partial charge in [-0.1, -0.05) is 43.2 Å². The lowest BCUT2D eigenvalue weighted by Gasteiger charge is -2.13. The van der Waals surface area contributed by atoms with Gasteiger partial charge in [-0.05, 0) is 31.8 Å². The molecule has 0 aromatic carbocycles. The highest BCUT2D eigenvalue weighted by Gasteiger charge is 2.12. The van der Waals surface area contributed by atoms with Crippen molar-refractivity contribution in [2.75, 3.05) is 0 Å². The minimum atomic E-state index is -0.754. The Morgan fingerprint density at radius 1 is 1.00 bits per heavy atom. The summed E-state index contributed by atoms with van der Waals surface area (Å²) >= 11 is 0. The van der Waals surface area contributed by atoms with E-state index in [2.05, 4.69) is 25.0 Å². The zero-order chi connectivity index (χ0) is 12.9. The van der Waals surface area contributed by atoms with Crippen molar-refractivity contribution < 1.29 is 10.2 Å². The summed E-state index contributed by atoms with van der Waals surface area (Å²) in [5, 5.41) is 19.2. The molecule has 0 spiro atoms. The van der Waals surface area contributed by atoms with Gasteiger partial charge < -0.3 is 10.2 Å². The third-order valence-electron chi connectivity index (χ3n) is 2.25. The van der Waals surface area contributed by atoms with Crippen LogP contribution < -0.4 is 0 Å². The molecule has 94 valence electrons. The zero-order valence-electron chi connectivity index (χ0n) is 10.4. The van der Waals surface area contributed by atoms with Crippen LogP contribution in [0.1, 0.15) is 32.6 Å². The summed E-state index contributed by atoms with van der Waals surface area (Å²) in [7, 11) is 0. The Balaban J connectivity index is 3.77. The number of allylic oxidation sites excluding steroid dienone is 4. The van der Waals surface area contributed by atoms with E-state index < -0.39 is 12.2 Å². The molecule has 0 amide bonds. The fourth-order valence-corrected chi connectivity index (χ4v) is 1.26. The smallest absolute Gasteiger partial charge is 0.0836 e. The van der Waals surface area contributed by atoms with Crippen LogP contribution in [0.15, 0.2) is 36.5 Å². The summed E-state index contributed by atoms with van der Waals surface area (Å²) in [5.74, 6) is 2.34. The van der Waals surface area contributed by atoms with E-state index in [4.69, 9.17) is 6.42 Å². The van der Waals surface area contributed by atoms with E-state index in [1.165, 1.54) is 6.08 Å². The molecule has 2 heteroatoms. The highest BCUT2D eigenvalue weighted by atomic mass is 16.3. The van der Waals surface area contributed by atoms with Crippen LogP contribution in [0.4, 0.5) is 0 Å². The van der Waals surface area contributed by atoms with Gasteiger partial charge in [0.2, 0.25) is 0 Å². The van der Waals surface area contributed by atoms with Crippen LogP contribution in [0.5, 0.6) is 0 Å².